The zero-order valence-electron chi connectivity index (χ0n) is 8.42. The van der Waals surface area contributed by atoms with Gasteiger partial charge in [-0.15, -0.1) is 11.3 Å². The van der Waals surface area contributed by atoms with Crippen LogP contribution in [0.25, 0.3) is 0 Å². The largest absolute Gasteiger partial charge is 0.367 e. The molecule has 2 aromatic heterocycles. The van der Waals surface area contributed by atoms with E-state index in [2.05, 4.69) is 20.3 Å². The van der Waals surface area contributed by atoms with Crippen molar-refractivity contribution in [2.24, 2.45) is 0 Å². The molecule has 0 spiro atoms. The molecule has 0 aliphatic carbocycles. The molecule has 16 heavy (non-hydrogen) atoms. The highest BCUT2D eigenvalue weighted by atomic mass is 32.1. The van der Waals surface area contributed by atoms with Crippen molar-refractivity contribution in [1.29, 1.82) is 5.26 Å². The van der Waals surface area contributed by atoms with Gasteiger partial charge in [0.1, 0.15) is 6.07 Å². The monoisotopic (exact) mass is 231 g/mol. The molecule has 5 nitrogen and oxygen atoms in total. The number of aromatic nitrogens is 3. The number of nitrogens with one attached hydrogen (secondary N) is 1. The molecule has 0 fully saturated rings. The Hall–Kier alpha value is -2.00. The van der Waals surface area contributed by atoms with E-state index in [9.17, 15) is 0 Å². The lowest BCUT2D eigenvalue weighted by molar-refractivity contribution is 0.961. The lowest BCUT2D eigenvalue weighted by Gasteiger charge is -2.04. The van der Waals surface area contributed by atoms with Gasteiger partial charge in [-0.1, -0.05) is 0 Å². The summed E-state index contributed by atoms with van der Waals surface area (Å²) in [5, 5.41) is 13.9. The Morgan fingerprint density at radius 1 is 1.31 bits per heavy atom. The summed E-state index contributed by atoms with van der Waals surface area (Å²) in [7, 11) is 0. The third-order valence-corrected chi connectivity index (χ3v) is 2.60. The number of nitriles is 1. The summed E-state index contributed by atoms with van der Waals surface area (Å²) >= 11 is 1.57. The van der Waals surface area contributed by atoms with Crippen LogP contribution in [0.15, 0.2) is 23.3 Å². The summed E-state index contributed by atoms with van der Waals surface area (Å²) < 4.78 is 0. The molecule has 2 heterocycles. The van der Waals surface area contributed by atoms with Crippen LogP contribution >= 0.6 is 11.3 Å². The highest BCUT2D eigenvalue weighted by molar-refractivity contribution is 7.07. The minimum atomic E-state index is 0.320. The lowest BCUT2D eigenvalue weighted by Crippen LogP contribution is -2.08. The second kappa shape index (κ2) is 5.19. The molecule has 2 rings (SSSR count). The molecule has 0 aliphatic rings. The molecule has 0 radical (unpaired) electrons. The first-order chi connectivity index (χ1) is 7.90. The smallest absolute Gasteiger partial charge is 0.182 e. The van der Waals surface area contributed by atoms with Crippen LogP contribution in [-0.4, -0.2) is 21.5 Å². The average molecular weight is 231 g/mol. The number of nitrogens with zero attached hydrogens (tertiary/aromatic N) is 4. The van der Waals surface area contributed by atoms with Crippen molar-refractivity contribution in [2.45, 2.75) is 6.42 Å². The number of thiazole rings is 1. The van der Waals surface area contributed by atoms with Crippen molar-refractivity contribution in [1.82, 2.24) is 15.0 Å². The summed E-state index contributed by atoms with van der Waals surface area (Å²) in [5.74, 6) is 0.528. The van der Waals surface area contributed by atoms with E-state index in [0.29, 0.717) is 18.1 Å². The molecule has 80 valence electrons. The molecule has 6 heteroatoms. The zero-order chi connectivity index (χ0) is 11.2. The van der Waals surface area contributed by atoms with E-state index in [-0.39, 0.29) is 0 Å². The Bertz CT molecular complexity index is 488. The van der Waals surface area contributed by atoms with Crippen LogP contribution < -0.4 is 5.32 Å². The maximum Gasteiger partial charge on any atom is 0.182 e. The quantitative estimate of drug-likeness (QED) is 0.862. The Morgan fingerprint density at radius 3 is 2.94 bits per heavy atom. The van der Waals surface area contributed by atoms with Gasteiger partial charge >= 0.3 is 0 Å². The molecular weight excluding hydrogens is 222 g/mol. The maximum absolute atomic E-state index is 8.80. The predicted octanol–water partition coefficient (Wildman–Crippen LogP) is 1.46. The summed E-state index contributed by atoms with van der Waals surface area (Å²) in [6, 6.07) is 1.99. The minimum absolute atomic E-state index is 0.320. The topological polar surface area (TPSA) is 74.5 Å². The van der Waals surface area contributed by atoms with Crippen molar-refractivity contribution in [3.63, 3.8) is 0 Å². The van der Waals surface area contributed by atoms with E-state index in [1.807, 2.05) is 11.4 Å². The molecule has 2 aromatic rings. The van der Waals surface area contributed by atoms with Crippen LogP contribution in [0.5, 0.6) is 0 Å². The fourth-order valence-corrected chi connectivity index (χ4v) is 1.81. The number of rotatable bonds is 4. The van der Waals surface area contributed by atoms with Crippen molar-refractivity contribution >= 4 is 17.2 Å². The van der Waals surface area contributed by atoms with E-state index in [1.165, 1.54) is 6.20 Å². The Kier molecular flexibility index (Phi) is 3.41. The van der Waals surface area contributed by atoms with Crippen LogP contribution in [-0.2, 0) is 6.42 Å². The van der Waals surface area contributed by atoms with Crippen molar-refractivity contribution < 1.29 is 0 Å². The SMILES string of the molecule is N#Cc1nccnc1NCCc1cscn1. The second-order valence-electron chi connectivity index (χ2n) is 3.02. The molecule has 0 unspecified atom stereocenters. The standard InChI is InChI=1S/C10H9N5S/c11-5-9-10(14-4-3-12-9)13-2-1-8-6-16-7-15-8/h3-4,6-7H,1-2H2,(H,13,14). The Labute approximate surface area is 96.8 Å². The van der Waals surface area contributed by atoms with E-state index >= 15 is 0 Å². The van der Waals surface area contributed by atoms with Gasteiger partial charge in [-0.2, -0.15) is 5.26 Å². The van der Waals surface area contributed by atoms with Crippen LogP contribution in [0.2, 0.25) is 0 Å². The Balaban J connectivity index is 1.93. The molecule has 0 aliphatic heterocycles. The third kappa shape index (κ3) is 2.52. The molecule has 0 aromatic carbocycles. The molecule has 0 saturated heterocycles. The molecule has 0 atom stereocenters. The summed E-state index contributed by atoms with van der Waals surface area (Å²) in [4.78, 5) is 12.1. The normalized spacial score (nSPS) is 9.69. The molecule has 1 N–H and O–H groups in total. The molecule has 0 bridgehead atoms. The second-order valence-corrected chi connectivity index (χ2v) is 3.74. The van der Waals surface area contributed by atoms with Gasteiger partial charge in [-0.05, 0) is 0 Å². The number of anilines is 1. The summed E-state index contributed by atoms with van der Waals surface area (Å²) in [6.07, 6.45) is 3.88. The lowest BCUT2D eigenvalue weighted by atomic mass is 10.3. The van der Waals surface area contributed by atoms with Gasteiger partial charge in [0.05, 0.1) is 11.2 Å². The van der Waals surface area contributed by atoms with Crippen molar-refractivity contribution in [3.8, 4) is 6.07 Å². The number of hydrogen-bond donors (Lipinski definition) is 1. The van der Waals surface area contributed by atoms with Gasteiger partial charge in [0.15, 0.2) is 11.5 Å². The van der Waals surface area contributed by atoms with Gasteiger partial charge in [0, 0.05) is 30.7 Å². The zero-order valence-corrected chi connectivity index (χ0v) is 9.24. The summed E-state index contributed by atoms with van der Waals surface area (Å²) in [5.41, 5.74) is 3.17. The van der Waals surface area contributed by atoms with Crippen molar-refractivity contribution in [3.05, 3.63) is 34.7 Å². The van der Waals surface area contributed by atoms with Gasteiger partial charge in [-0.25, -0.2) is 15.0 Å². The van der Waals surface area contributed by atoms with E-state index in [1.54, 1.807) is 23.0 Å². The fraction of sp³-hybridized carbons (Fsp3) is 0.200. The highest BCUT2D eigenvalue weighted by Gasteiger charge is 2.02. The van der Waals surface area contributed by atoms with E-state index in [4.69, 9.17) is 5.26 Å². The van der Waals surface area contributed by atoms with Crippen LogP contribution in [0.1, 0.15) is 11.4 Å². The highest BCUT2D eigenvalue weighted by Crippen LogP contribution is 2.07. The molecule has 0 saturated carbocycles. The average Bonchev–Trinajstić information content (AvgIpc) is 2.83. The van der Waals surface area contributed by atoms with E-state index in [0.717, 1.165) is 12.1 Å². The Morgan fingerprint density at radius 2 is 2.19 bits per heavy atom. The van der Waals surface area contributed by atoms with Crippen LogP contribution in [0.4, 0.5) is 5.82 Å². The predicted molar refractivity (Wildman–Crippen MR) is 61.1 cm³/mol. The minimum Gasteiger partial charge on any atom is -0.367 e. The first-order valence-corrected chi connectivity index (χ1v) is 5.66. The van der Waals surface area contributed by atoms with Gasteiger partial charge < -0.3 is 5.32 Å². The van der Waals surface area contributed by atoms with E-state index < -0.39 is 0 Å². The van der Waals surface area contributed by atoms with Gasteiger partial charge in [0.25, 0.3) is 0 Å². The van der Waals surface area contributed by atoms with Crippen LogP contribution in [0.3, 0.4) is 0 Å². The first kappa shape index (κ1) is 10.5. The van der Waals surface area contributed by atoms with Gasteiger partial charge in [0.2, 0.25) is 0 Å². The maximum atomic E-state index is 8.80. The van der Waals surface area contributed by atoms with Crippen molar-refractivity contribution in [2.75, 3.05) is 11.9 Å². The number of hydrogen-bond acceptors (Lipinski definition) is 6. The first-order valence-electron chi connectivity index (χ1n) is 4.72. The summed E-state index contributed by atoms with van der Waals surface area (Å²) in [6.45, 7) is 0.692. The molecular formula is C10H9N5S. The fourth-order valence-electron chi connectivity index (χ4n) is 1.22. The molecule has 0 amide bonds. The van der Waals surface area contributed by atoms with Gasteiger partial charge in [-0.3, -0.25) is 0 Å². The van der Waals surface area contributed by atoms with Crippen LogP contribution in [0, 0.1) is 11.3 Å². The third-order valence-electron chi connectivity index (χ3n) is 1.96.